The van der Waals surface area contributed by atoms with Crippen LogP contribution in [0.15, 0.2) is 146 Å². The van der Waals surface area contributed by atoms with Gasteiger partial charge in [-0.15, -0.1) is 0 Å². The van der Waals surface area contributed by atoms with Crippen LogP contribution in [0, 0.1) is 11.6 Å². The SMILES string of the molecule is O=C(c1c2c(c(OC(c3ccccc3)c3ccccc3)c3ncccc13)CN(Cc1ccc(F)cc1)C2)N1CCOCC1.O=C1c2c(c(C(=O)N3CCOCC3)c3cccnc3c2O)CN1Cc1ccc(F)cc1. The Kier molecular flexibility index (Phi) is 13.8. The predicted molar refractivity (Wildman–Crippen MR) is 273 cm³/mol. The van der Waals surface area contributed by atoms with E-state index in [1.807, 2.05) is 65.6 Å². The Bertz CT molecular complexity index is 3330. The van der Waals surface area contributed by atoms with Gasteiger partial charge in [0.1, 0.15) is 28.8 Å². The van der Waals surface area contributed by atoms with Crippen molar-refractivity contribution in [3.8, 4) is 11.5 Å². The van der Waals surface area contributed by atoms with E-state index in [0.717, 1.165) is 38.8 Å². The summed E-state index contributed by atoms with van der Waals surface area (Å²) in [6, 6.07) is 40.2. The molecule has 6 aromatic carbocycles. The zero-order valence-electron chi connectivity index (χ0n) is 40.5. The average molecular weight is 995 g/mol. The van der Waals surface area contributed by atoms with Crippen molar-refractivity contribution in [1.82, 2.24) is 29.6 Å². The number of morpholine rings is 2. The number of aromatic hydroxyl groups is 1. The van der Waals surface area contributed by atoms with Crippen LogP contribution >= 0.6 is 0 Å². The highest BCUT2D eigenvalue weighted by atomic mass is 19.1. The molecule has 1 N–H and O–H groups in total. The van der Waals surface area contributed by atoms with Crippen molar-refractivity contribution in [2.75, 3.05) is 52.6 Å². The van der Waals surface area contributed by atoms with Gasteiger partial charge in [-0.25, -0.2) is 8.78 Å². The molecule has 374 valence electrons. The Hall–Kier alpha value is -8.11. The molecule has 0 atom stereocenters. The molecule has 15 heteroatoms. The van der Waals surface area contributed by atoms with Crippen LogP contribution in [0.1, 0.15) is 76.1 Å². The first-order valence-electron chi connectivity index (χ1n) is 24.8. The van der Waals surface area contributed by atoms with Crippen molar-refractivity contribution in [3.63, 3.8) is 0 Å². The summed E-state index contributed by atoms with van der Waals surface area (Å²) in [4.78, 5) is 57.4. The first kappa shape index (κ1) is 48.2. The van der Waals surface area contributed by atoms with Gasteiger partial charge in [0.15, 0.2) is 11.5 Å². The number of nitrogens with zero attached hydrogens (tertiary/aromatic N) is 6. The van der Waals surface area contributed by atoms with Crippen molar-refractivity contribution < 1.29 is 42.5 Å². The first-order valence-corrected chi connectivity index (χ1v) is 24.8. The number of pyridine rings is 2. The van der Waals surface area contributed by atoms with E-state index in [2.05, 4.69) is 34.1 Å². The van der Waals surface area contributed by atoms with Crippen LogP contribution in [0.5, 0.6) is 11.5 Å². The summed E-state index contributed by atoms with van der Waals surface area (Å²) in [7, 11) is 0. The number of carbonyl (C=O) groups is 3. The normalized spacial score (nSPS) is 15.6. The molecule has 0 radical (unpaired) electrons. The van der Waals surface area contributed by atoms with E-state index in [9.17, 15) is 28.3 Å². The Morgan fingerprint density at radius 3 is 1.62 bits per heavy atom. The number of amides is 3. The maximum Gasteiger partial charge on any atom is 0.258 e. The second-order valence-corrected chi connectivity index (χ2v) is 18.7. The zero-order valence-corrected chi connectivity index (χ0v) is 40.5. The van der Waals surface area contributed by atoms with Gasteiger partial charge in [-0.1, -0.05) is 97.1 Å². The smallest absolute Gasteiger partial charge is 0.258 e. The van der Waals surface area contributed by atoms with Gasteiger partial charge >= 0.3 is 0 Å². The topological polar surface area (TPSA) is 138 Å². The number of hydrogen-bond donors (Lipinski definition) is 1. The lowest BCUT2D eigenvalue weighted by molar-refractivity contribution is 0.0301. The third-order valence-corrected chi connectivity index (χ3v) is 14.1. The number of fused-ring (bicyclic) bond motifs is 4. The standard InChI is InChI=1S/C36H32FN3O3.C23H20FN3O4/c37-28-15-13-25(14-16-28)22-39-23-30-31(24-39)35(43-34(26-8-3-1-4-9-26)27-10-5-2-6-11-27)33-29(12-7-17-38-33)32(30)36(41)40-18-20-42-21-19-40;24-15-5-3-14(4-6-15)12-27-13-17-18(22(29)26-8-10-31-11-9-26)16-2-1-7-25-20(16)21(28)19(17)23(27)30/h1-17,34H,18-24H2;1-7,28H,8-13H2. The molecule has 4 aliphatic rings. The molecule has 0 saturated carbocycles. The molecule has 2 aromatic heterocycles. The van der Waals surface area contributed by atoms with Crippen LogP contribution in [0.25, 0.3) is 21.8 Å². The number of hydrogen-bond acceptors (Lipinski definition) is 10. The fourth-order valence-electron chi connectivity index (χ4n) is 10.4. The van der Waals surface area contributed by atoms with Crippen molar-refractivity contribution in [3.05, 3.63) is 213 Å². The molecule has 74 heavy (non-hydrogen) atoms. The average Bonchev–Trinajstić information content (AvgIpc) is 4.01. The molecule has 2 fully saturated rings. The Morgan fingerprint density at radius 2 is 1.07 bits per heavy atom. The van der Waals surface area contributed by atoms with Gasteiger partial charge in [-0.3, -0.25) is 29.3 Å². The molecule has 0 aliphatic carbocycles. The highest BCUT2D eigenvalue weighted by Gasteiger charge is 2.39. The fraction of sp³-hybridized carbons (Fsp3) is 0.237. The predicted octanol–water partition coefficient (Wildman–Crippen LogP) is 9.24. The van der Waals surface area contributed by atoms with Gasteiger partial charge in [0, 0.05) is 93.2 Å². The maximum absolute atomic E-state index is 14.2. The van der Waals surface area contributed by atoms with E-state index in [4.69, 9.17) is 19.2 Å². The molecule has 13 nitrogen and oxygen atoms in total. The minimum absolute atomic E-state index is 0.00426. The minimum atomic E-state index is -0.375. The van der Waals surface area contributed by atoms with E-state index >= 15 is 0 Å². The monoisotopic (exact) mass is 994 g/mol. The van der Waals surface area contributed by atoms with Crippen molar-refractivity contribution >= 4 is 39.5 Å². The molecule has 4 aliphatic heterocycles. The van der Waals surface area contributed by atoms with Gasteiger partial charge in [0.2, 0.25) is 0 Å². The van der Waals surface area contributed by atoms with Crippen molar-refractivity contribution in [2.24, 2.45) is 0 Å². The number of phenols is 1. The van der Waals surface area contributed by atoms with Crippen LogP contribution in [0.2, 0.25) is 0 Å². The number of phenolic OH excluding ortho intramolecular Hbond substituents is 1. The summed E-state index contributed by atoms with van der Waals surface area (Å²) in [5.41, 5.74) is 8.37. The van der Waals surface area contributed by atoms with Gasteiger partial charge < -0.3 is 34.0 Å². The summed E-state index contributed by atoms with van der Waals surface area (Å²) >= 11 is 0. The number of benzene rings is 6. The second-order valence-electron chi connectivity index (χ2n) is 18.7. The third kappa shape index (κ3) is 9.64. The van der Waals surface area contributed by atoms with Crippen molar-refractivity contribution in [2.45, 2.75) is 38.8 Å². The summed E-state index contributed by atoms with van der Waals surface area (Å²) < 4.78 is 44.9. The largest absolute Gasteiger partial charge is 0.505 e. The maximum atomic E-state index is 14.2. The number of ether oxygens (including phenoxy) is 3. The number of aromatic nitrogens is 2. The van der Waals surface area contributed by atoms with E-state index in [-0.39, 0.29) is 65.4 Å². The summed E-state index contributed by atoms with van der Waals surface area (Å²) in [5, 5.41) is 12.2. The van der Waals surface area contributed by atoms with Gasteiger partial charge in [0.05, 0.1) is 43.1 Å². The van der Waals surface area contributed by atoms with Gasteiger partial charge in [-0.05, 0) is 64.2 Å². The summed E-state index contributed by atoms with van der Waals surface area (Å²) in [6.07, 6.45) is 2.91. The Morgan fingerprint density at radius 1 is 0.581 bits per heavy atom. The van der Waals surface area contributed by atoms with E-state index in [0.29, 0.717) is 106 Å². The lowest BCUT2D eigenvalue weighted by Gasteiger charge is -2.29. The molecule has 0 spiro atoms. The van der Waals surface area contributed by atoms with Crippen molar-refractivity contribution in [1.29, 1.82) is 0 Å². The lowest BCUT2D eigenvalue weighted by Crippen LogP contribution is -2.41. The first-order chi connectivity index (χ1) is 36.2. The molecular weight excluding hydrogens is 943 g/mol. The number of carbonyl (C=O) groups excluding carboxylic acids is 3. The molecule has 2 saturated heterocycles. The molecule has 0 unspecified atom stereocenters. The van der Waals surface area contributed by atoms with E-state index in [1.54, 1.807) is 40.3 Å². The third-order valence-electron chi connectivity index (χ3n) is 14.1. The van der Waals surface area contributed by atoms with Crippen LogP contribution in [-0.4, -0.2) is 105 Å². The lowest BCUT2D eigenvalue weighted by atomic mass is 9.95. The van der Waals surface area contributed by atoms with E-state index in [1.165, 1.54) is 30.5 Å². The number of halogens is 2. The van der Waals surface area contributed by atoms with Gasteiger partial charge in [-0.2, -0.15) is 0 Å². The highest BCUT2D eigenvalue weighted by molar-refractivity contribution is 6.16. The molecule has 0 bridgehead atoms. The summed E-state index contributed by atoms with van der Waals surface area (Å²) in [5.74, 6) is -0.704. The second kappa shape index (κ2) is 21.2. The number of rotatable bonds is 10. The van der Waals surface area contributed by atoms with Crippen LogP contribution in [-0.2, 0) is 42.2 Å². The molecule has 3 amide bonds. The fourth-order valence-corrected chi connectivity index (χ4v) is 10.4. The van der Waals surface area contributed by atoms with Crippen LogP contribution in [0.3, 0.4) is 0 Å². The molecular formula is C59H52F2N6O7. The highest BCUT2D eigenvalue weighted by Crippen LogP contribution is 2.44. The van der Waals surface area contributed by atoms with Crippen LogP contribution in [0.4, 0.5) is 8.78 Å². The molecule has 12 rings (SSSR count). The Labute approximate surface area is 426 Å². The minimum Gasteiger partial charge on any atom is -0.505 e. The van der Waals surface area contributed by atoms with Gasteiger partial charge in [0.25, 0.3) is 17.7 Å². The molecule has 8 aromatic rings. The quantitative estimate of drug-likeness (QED) is 0.141. The summed E-state index contributed by atoms with van der Waals surface area (Å²) in [6.45, 7) is 6.17. The van der Waals surface area contributed by atoms with Crippen LogP contribution < -0.4 is 4.74 Å². The Balaban J connectivity index is 0.000000168. The zero-order chi connectivity index (χ0) is 50.7. The molecule has 6 heterocycles. The van der Waals surface area contributed by atoms with E-state index < -0.39 is 0 Å².